The third kappa shape index (κ3) is 4.62. The number of fused-ring (bicyclic) bond motifs is 4. The molecule has 0 aliphatic carbocycles. The van der Waals surface area contributed by atoms with Crippen molar-refractivity contribution < 1.29 is 4.42 Å². The summed E-state index contributed by atoms with van der Waals surface area (Å²) in [7, 11) is 0. The van der Waals surface area contributed by atoms with Crippen molar-refractivity contribution in [1.29, 1.82) is 0 Å². The van der Waals surface area contributed by atoms with Crippen LogP contribution in [0.15, 0.2) is 138 Å². The van der Waals surface area contributed by atoms with E-state index in [0.29, 0.717) is 11.8 Å². The number of aromatic nitrogens is 2. The first-order valence-corrected chi connectivity index (χ1v) is 16.2. The fraction of sp³-hybridized carbons (Fsp3) is 0.140. The molecule has 3 heteroatoms. The predicted molar refractivity (Wildman–Crippen MR) is 193 cm³/mol. The number of hydrogen-bond donors (Lipinski definition) is 0. The van der Waals surface area contributed by atoms with Gasteiger partial charge in [0, 0.05) is 10.8 Å². The Morgan fingerprint density at radius 1 is 0.543 bits per heavy atom. The van der Waals surface area contributed by atoms with Crippen LogP contribution in [0.4, 0.5) is 0 Å². The van der Waals surface area contributed by atoms with Crippen LogP contribution < -0.4 is 0 Å². The van der Waals surface area contributed by atoms with E-state index in [1.807, 2.05) is 0 Å². The van der Waals surface area contributed by atoms with Gasteiger partial charge in [0.15, 0.2) is 0 Å². The summed E-state index contributed by atoms with van der Waals surface area (Å²) in [4.78, 5) is 5.29. The highest BCUT2D eigenvalue weighted by Crippen LogP contribution is 2.41. The lowest BCUT2D eigenvalue weighted by molar-refractivity contribution is 0.669. The Hall–Kier alpha value is -5.41. The van der Waals surface area contributed by atoms with E-state index in [2.05, 4.69) is 166 Å². The summed E-state index contributed by atoms with van der Waals surface area (Å²) in [6, 6.07) is 47.5. The third-order valence-electron chi connectivity index (χ3n) is 9.17. The summed E-state index contributed by atoms with van der Waals surface area (Å²) in [5, 5.41) is 2.20. The molecule has 0 amide bonds. The summed E-state index contributed by atoms with van der Waals surface area (Å²) >= 11 is 0. The van der Waals surface area contributed by atoms with Crippen molar-refractivity contribution in [1.82, 2.24) is 9.55 Å². The normalized spacial score (nSPS) is 11.9. The van der Waals surface area contributed by atoms with E-state index in [-0.39, 0.29) is 0 Å². The van der Waals surface area contributed by atoms with Crippen LogP contribution in [0.3, 0.4) is 0 Å². The molecule has 0 bridgehead atoms. The largest absolute Gasteiger partial charge is 0.455 e. The molecule has 0 saturated heterocycles. The van der Waals surface area contributed by atoms with Gasteiger partial charge < -0.3 is 4.42 Å². The number of benzene rings is 6. The molecule has 2 aromatic heterocycles. The smallest absolute Gasteiger partial charge is 0.149 e. The van der Waals surface area contributed by atoms with Crippen molar-refractivity contribution >= 4 is 33.0 Å². The van der Waals surface area contributed by atoms with Crippen LogP contribution in [0.1, 0.15) is 50.7 Å². The van der Waals surface area contributed by atoms with Gasteiger partial charge in [0.1, 0.15) is 17.0 Å². The van der Waals surface area contributed by atoms with Gasteiger partial charge >= 0.3 is 0 Å². The summed E-state index contributed by atoms with van der Waals surface area (Å²) in [5.41, 5.74) is 13.4. The molecule has 46 heavy (non-hydrogen) atoms. The number of furan rings is 1. The average Bonchev–Trinajstić information content (AvgIpc) is 3.66. The number of hydrogen-bond acceptors (Lipinski definition) is 2. The number of para-hydroxylation sites is 4. The molecule has 0 fully saturated rings. The monoisotopic (exact) mass is 596 g/mol. The molecule has 0 N–H and O–H groups in total. The lowest BCUT2D eigenvalue weighted by Crippen LogP contribution is -2.08. The fourth-order valence-electron chi connectivity index (χ4n) is 6.87. The van der Waals surface area contributed by atoms with Gasteiger partial charge in [-0.3, -0.25) is 4.57 Å². The molecule has 6 aromatic carbocycles. The molecule has 0 radical (unpaired) electrons. The molecule has 0 atom stereocenters. The van der Waals surface area contributed by atoms with E-state index >= 15 is 0 Å². The SMILES string of the molecule is CC(C)c1cccc(C(C)C)c1-n1c(-c2cccc3c2oc2ccc(-c4cccc(-c5ccccc5)c4)cc23)nc2ccccc21. The molecule has 224 valence electrons. The molecule has 0 saturated carbocycles. The van der Waals surface area contributed by atoms with Crippen molar-refractivity contribution in [3.63, 3.8) is 0 Å². The van der Waals surface area contributed by atoms with E-state index in [0.717, 1.165) is 49.9 Å². The van der Waals surface area contributed by atoms with Gasteiger partial charge in [-0.25, -0.2) is 4.98 Å². The molecule has 2 heterocycles. The van der Waals surface area contributed by atoms with Gasteiger partial charge in [0.2, 0.25) is 0 Å². The number of imidazole rings is 1. The maximum Gasteiger partial charge on any atom is 0.149 e. The highest BCUT2D eigenvalue weighted by atomic mass is 16.3. The minimum Gasteiger partial charge on any atom is -0.455 e. The van der Waals surface area contributed by atoms with E-state index in [1.165, 1.54) is 33.5 Å². The van der Waals surface area contributed by atoms with Crippen molar-refractivity contribution in [3.8, 4) is 39.3 Å². The lowest BCUT2D eigenvalue weighted by Gasteiger charge is -2.22. The highest BCUT2D eigenvalue weighted by Gasteiger charge is 2.24. The zero-order valence-electron chi connectivity index (χ0n) is 26.7. The molecule has 0 aliphatic heterocycles. The van der Waals surface area contributed by atoms with Crippen LogP contribution in [-0.2, 0) is 0 Å². The predicted octanol–water partition coefficient (Wildman–Crippen LogP) is 12.2. The summed E-state index contributed by atoms with van der Waals surface area (Å²) in [5.74, 6) is 1.60. The maximum absolute atomic E-state index is 6.71. The minimum atomic E-state index is 0.350. The Bertz CT molecular complexity index is 2350. The first-order valence-electron chi connectivity index (χ1n) is 16.2. The van der Waals surface area contributed by atoms with Crippen molar-refractivity contribution in [3.05, 3.63) is 145 Å². The standard InChI is InChI=1S/C43H36N2O/c1-27(2)33-17-11-18-34(28(3)4)41(33)45-39-22-9-8-21-38(39)44-43(45)36-20-12-19-35-37-26-32(23-24-40(37)46-42(35)36)31-16-10-15-30(25-31)29-13-6-5-7-14-29/h5-28H,1-4H3. The van der Waals surface area contributed by atoms with Crippen molar-refractivity contribution in [2.45, 2.75) is 39.5 Å². The second-order valence-corrected chi connectivity index (χ2v) is 12.8. The van der Waals surface area contributed by atoms with Crippen LogP contribution in [0.25, 0.3) is 72.3 Å². The third-order valence-corrected chi connectivity index (χ3v) is 9.17. The first kappa shape index (κ1) is 28.1. The molecule has 3 nitrogen and oxygen atoms in total. The van der Waals surface area contributed by atoms with Crippen LogP contribution in [0.5, 0.6) is 0 Å². The van der Waals surface area contributed by atoms with E-state index in [1.54, 1.807) is 0 Å². The Morgan fingerprint density at radius 3 is 1.93 bits per heavy atom. The molecule has 0 spiro atoms. The van der Waals surface area contributed by atoms with E-state index in [4.69, 9.17) is 9.40 Å². The zero-order chi connectivity index (χ0) is 31.4. The number of nitrogens with zero attached hydrogens (tertiary/aromatic N) is 2. The van der Waals surface area contributed by atoms with Gasteiger partial charge in [-0.2, -0.15) is 0 Å². The van der Waals surface area contributed by atoms with Gasteiger partial charge in [-0.05, 0) is 81.6 Å². The molecule has 0 unspecified atom stereocenters. The Morgan fingerprint density at radius 2 is 1.17 bits per heavy atom. The Balaban J connectivity index is 1.34. The molecular weight excluding hydrogens is 560 g/mol. The zero-order valence-corrected chi connectivity index (χ0v) is 26.7. The maximum atomic E-state index is 6.71. The van der Waals surface area contributed by atoms with Gasteiger partial charge in [0.05, 0.1) is 22.3 Å². The van der Waals surface area contributed by atoms with Gasteiger partial charge in [-0.15, -0.1) is 0 Å². The van der Waals surface area contributed by atoms with Crippen LogP contribution >= 0.6 is 0 Å². The highest BCUT2D eigenvalue weighted by molar-refractivity contribution is 6.10. The Labute approximate surface area is 269 Å². The van der Waals surface area contributed by atoms with Crippen LogP contribution in [0, 0.1) is 0 Å². The molecule has 0 aliphatic rings. The van der Waals surface area contributed by atoms with Gasteiger partial charge in [0.25, 0.3) is 0 Å². The second-order valence-electron chi connectivity index (χ2n) is 12.8. The fourth-order valence-corrected chi connectivity index (χ4v) is 6.87. The average molecular weight is 597 g/mol. The summed E-state index contributed by atoms with van der Waals surface area (Å²) in [6.45, 7) is 9.09. The molecular formula is C43H36N2O. The van der Waals surface area contributed by atoms with Crippen molar-refractivity contribution in [2.24, 2.45) is 0 Å². The Kier molecular flexibility index (Phi) is 6.83. The van der Waals surface area contributed by atoms with E-state index in [9.17, 15) is 0 Å². The quantitative estimate of drug-likeness (QED) is 0.191. The topological polar surface area (TPSA) is 31.0 Å². The van der Waals surface area contributed by atoms with Crippen LogP contribution in [0.2, 0.25) is 0 Å². The van der Waals surface area contributed by atoms with Crippen LogP contribution in [-0.4, -0.2) is 9.55 Å². The van der Waals surface area contributed by atoms with E-state index < -0.39 is 0 Å². The minimum absolute atomic E-state index is 0.350. The second kappa shape index (κ2) is 11.2. The summed E-state index contributed by atoms with van der Waals surface area (Å²) < 4.78 is 9.09. The summed E-state index contributed by atoms with van der Waals surface area (Å²) in [6.07, 6.45) is 0. The lowest BCUT2D eigenvalue weighted by atomic mass is 9.92. The molecule has 8 rings (SSSR count). The molecule has 8 aromatic rings. The van der Waals surface area contributed by atoms with Gasteiger partial charge in [-0.1, -0.05) is 125 Å². The first-order chi connectivity index (χ1) is 22.5. The number of rotatable bonds is 6. The van der Waals surface area contributed by atoms with Crippen molar-refractivity contribution in [2.75, 3.05) is 0 Å².